The lowest BCUT2D eigenvalue weighted by atomic mass is 9.89. The van der Waals surface area contributed by atoms with E-state index in [0.717, 1.165) is 11.6 Å². The molecule has 1 aromatic rings. The minimum Gasteiger partial charge on any atom is -0.391 e. The highest BCUT2D eigenvalue weighted by Crippen LogP contribution is 2.26. The van der Waals surface area contributed by atoms with Gasteiger partial charge in [-0.3, -0.25) is 0 Å². The van der Waals surface area contributed by atoms with Crippen LogP contribution >= 0.6 is 11.3 Å². The van der Waals surface area contributed by atoms with Gasteiger partial charge in [-0.15, -0.1) is 11.3 Å². The van der Waals surface area contributed by atoms with Gasteiger partial charge in [0.2, 0.25) is 0 Å². The molecule has 3 nitrogen and oxygen atoms in total. The Morgan fingerprint density at radius 3 is 2.33 bits per heavy atom. The van der Waals surface area contributed by atoms with E-state index in [9.17, 15) is 5.11 Å². The molecule has 0 aliphatic heterocycles. The molecule has 0 saturated heterocycles. The fraction of sp³-hybridized carbons (Fsp3) is 0.786. The molecule has 0 radical (unpaired) electrons. The highest BCUT2D eigenvalue weighted by molar-refractivity contribution is 7.11. The van der Waals surface area contributed by atoms with Crippen LogP contribution in [0.3, 0.4) is 0 Å². The van der Waals surface area contributed by atoms with Crippen LogP contribution in [0.15, 0.2) is 6.20 Å². The number of hydrogen-bond acceptors (Lipinski definition) is 4. The van der Waals surface area contributed by atoms with E-state index in [4.69, 9.17) is 0 Å². The van der Waals surface area contributed by atoms with Gasteiger partial charge in [-0.2, -0.15) is 0 Å². The Morgan fingerprint density at radius 1 is 1.28 bits per heavy atom. The Morgan fingerprint density at radius 2 is 1.89 bits per heavy atom. The molecule has 1 rings (SSSR count). The van der Waals surface area contributed by atoms with Gasteiger partial charge in [0.1, 0.15) is 0 Å². The first-order chi connectivity index (χ1) is 8.10. The maximum atomic E-state index is 9.92. The number of aliphatic hydroxyl groups is 1. The first-order valence-electron chi connectivity index (χ1n) is 6.44. The summed E-state index contributed by atoms with van der Waals surface area (Å²) in [5.41, 5.74) is 0.0467. The molecule has 0 spiro atoms. The molecule has 0 amide bonds. The zero-order chi connectivity index (χ0) is 14.0. The third-order valence-electron chi connectivity index (χ3n) is 2.83. The van der Waals surface area contributed by atoms with E-state index in [1.165, 1.54) is 4.88 Å². The number of nitrogens with zero attached hydrogens (tertiary/aromatic N) is 1. The van der Waals surface area contributed by atoms with Crippen LogP contribution in [0.5, 0.6) is 0 Å². The molecule has 0 aliphatic carbocycles. The predicted molar refractivity (Wildman–Crippen MR) is 78.0 cm³/mol. The molecular formula is C14H26N2OS. The number of hydrogen-bond donors (Lipinski definition) is 2. The summed E-state index contributed by atoms with van der Waals surface area (Å²) in [5, 5.41) is 14.4. The van der Waals surface area contributed by atoms with Crippen LogP contribution < -0.4 is 5.32 Å². The quantitative estimate of drug-likeness (QED) is 0.884. The maximum Gasteiger partial charge on any atom is 0.0981 e. The molecule has 1 heterocycles. The number of thiazole rings is 1. The van der Waals surface area contributed by atoms with E-state index >= 15 is 0 Å². The first-order valence-corrected chi connectivity index (χ1v) is 7.26. The molecule has 0 fully saturated rings. The van der Waals surface area contributed by atoms with Crippen molar-refractivity contribution in [3.8, 4) is 0 Å². The standard InChI is InChI=1S/C14H26N2OS/c1-13(2,3)11(17)9-15-7-10-8-16-12(18-10)14(4,5)6/h8,11,15,17H,7,9H2,1-6H3. The Bertz CT molecular complexity index is 374. The molecule has 1 atom stereocenters. The average Bonchev–Trinajstić information content (AvgIpc) is 2.64. The third kappa shape index (κ3) is 4.67. The molecule has 1 aromatic heterocycles. The second-order valence-corrected chi connectivity index (χ2v) is 8.01. The van der Waals surface area contributed by atoms with Crippen molar-refractivity contribution >= 4 is 11.3 Å². The Kier molecular flexibility index (Phi) is 4.92. The lowest BCUT2D eigenvalue weighted by Gasteiger charge is -2.25. The maximum absolute atomic E-state index is 9.92. The van der Waals surface area contributed by atoms with Crippen LogP contribution in [-0.4, -0.2) is 22.7 Å². The van der Waals surface area contributed by atoms with Gasteiger partial charge in [0, 0.05) is 29.6 Å². The lowest BCUT2D eigenvalue weighted by molar-refractivity contribution is 0.0628. The Hall–Kier alpha value is -0.450. The van der Waals surface area contributed by atoms with E-state index in [2.05, 4.69) is 31.1 Å². The zero-order valence-electron chi connectivity index (χ0n) is 12.4. The van der Waals surface area contributed by atoms with Gasteiger partial charge in [-0.25, -0.2) is 4.98 Å². The van der Waals surface area contributed by atoms with Crippen molar-refractivity contribution in [2.24, 2.45) is 5.41 Å². The van der Waals surface area contributed by atoms with Crippen LogP contribution in [0.2, 0.25) is 0 Å². The number of aliphatic hydroxyl groups excluding tert-OH is 1. The van der Waals surface area contributed by atoms with Gasteiger partial charge in [0.25, 0.3) is 0 Å². The zero-order valence-corrected chi connectivity index (χ0v) is 13.2. The van der Waals surface area contributed by atoms with Crippen molar-refractivity contribution in [3.63, 3.8) is 0 Å². The summed E-state index contributed by atoms with van der Waals surface area (Å²) in [5.74, 6) is 0. The topological polar surface area (TPSA) is 45.2 Å². The molecule has 18 heavy (non-hydrogen) atoms. The van der Waals surface area contributed by atoms with Crippen molar-refractivity contribution in [2.45, 2.75) is 59.6 Å². The Balaban J connectivity index is 2.43. The molecular weight excluding hydrogens is 244 g/mol. The SMILES string of the molecule is CC(C)(C)c1ncc(CNCC(O)C(C)(C)C)s1. The molecule has 0 aromatic carbocycles. The van der Waals surface area contributed by atoms with Crippen LogP contribution in [0.4, 0.5) is 0 Å². The van der Waals surface area contributed by atoms with Crippen molar-refractivity contribution in [1.29, 1.82) is 0 Å². The summed E-state index contributed by atoms with van der Waals surface area (Å²) in [6, 6.07) is 0. The second kappa shape index (κ2) is 5.68. The van der Waals surface area contributed by atoms with Crippen LogP contribution in [-0.2, 0) is 12.0 Å². The van der Waals surface area contributed by atoms with E-state index in [-0.39, 0.29) is 16.9 Å². The summed E-state index contributed by atoms with van der Waals surface area (Å²) in [6.07, 6.45) is 1.61. The molecule has 104 valence electrons. The van der Waals surface area contributed by atoms with Crippen LogP contribution in [0.25, 0.3) is 0 Å². The summed E-state index contributed by atoms with van der Waals surface area (Å²) in [6.45, 7) is 14.1. The van der Waals surface area contributed by atoms with E-state index in [1.807, 2.05) is 27.0 Å². The second-order valence-electron chi connectivity index (χ2n) is 6.89. The van der Waals surface area contributed by atoms with E-state index < -0.39 is 0 Å². The van der Waals surface area contributed by atoms with Crippen molar-refractivity contribution in [2.75, 3.05) is 6.54 Å². The molecule has 0 saturated carbocycles. The van der Waals surface area contributed by atoms with Crippen molar-refractivity contribution in [3.05, 3.63) is 16.1 Å². The van der Waals surface area contributed by atoms with Crippen molar-refractivity contribution < 1.29 is 5.11 Å². The fourth-order valence-electron chi connectivity index (χ4n) is 1.37. The minimum absolute atomic E-state index is 0.0722. The van der Waals surface area contributed by atoms with Crippen LogP contribution in [0, 0.1) is 5.41 Å². The first kappa shape index (κ1) is 15.6. The minimum atomic E-state index is -0.326. The third-order valence-corrected chi connectivity index (χ3v) is 4.25. The van der Waals surface area contributed by atoms with Gasteiger partial charge in [0.05, 0.1) is 11.1 Å². The summed E-state index contributed by atoms with van der Waals surface area (Å²) in [4.78, 5) is 5.67. The molecule has 4 heteroatoms. The number of nitrogens with one attached hydrogen (secondary N) is 1. The van der Waals surface area contributed by atoms with Crippen LogP contribution in [0.1, 0.15) is 51.4 Å². The van der Waals surface area contributed by atoms with Gasteiger partial charge in [-0.1, -0.05) is 41.5 Å². The average molecular weight is 270 g/mol. The van der Waals surface area contributed by atoms with Gasteiger partial charge < -0.3 is 10.4 Å². The molecule has 0 bridgehead atoms. The summed E-state index contributed by atoms with van der Waals surface area (Å²) in [7, 11) is 0. The summed E-state index contributed by atoms with van der Waals surface area (Å²) < 4.78 is 0. The normalized spacial score (nSPS) is 14.8. The lowest BCUT2D eigenvalue weighted by Crippen LogP contribution is -2.36. The Labute approximate surface area is 115 Å². The fourth-order valence-corrected chi connectivity index (χ4v) is 2.31. The van der Waals surface area contributed by atoms with Gasteiger partial charge in [-0.05, 0) is 5.41 Å². The number of aromatic nitrogens is 1. The predicted octanol–water partition coefficient (Wildman–Crippen LogP) is 2.94. The van der Waals surface area contributed by atoms with Crippen molar-refractivity contribution in [1.82, 2.24) is 10.3 Å². The summed E-state index contributed by atoms with van der Waals surface area (Å²) >= 11 is 1.74. The molecule has 1 unspecified atom stereocenters. The largest absolute Gasteiger partial charge is 0.391 e. The van der Waals surface area contributed by atoms with Gasteiger partial charge in [0.15, 0.2) is 0 Å². The van der Waals surface area contributed by atoms with E-state index in [1.54, 1.807) is 11.3 Å². The highest BCUT2D eigenvalue weighted by Gasteiger charge is 2.22. The van der Waals surface area contributed by atoms with E-state index in [0.29, 0.717) is 6.54 Å². The highest BCUT2D eigenvalue weighted by atomic mass is 32.1. The van der Waals surface area contributed by atoms with Gasteiger partial charge >= 0.3 is 0 Å². The smallest absolute Gasteiger partial charge is 0.0981 e. The molecule has 0 aliphatic rings. The molecule has 2 N–H and O–H groups in total. The monoisotopic (exact) mass is 270 g/mol. The number of rotatable bonds is 4.